The number of rotatable bonds is 7. The average molecular weight is 411 g/mol. The lowest BCUT2D eigenvalue weighted by Gasteiger charge is -2.13. The predicted molar refractivity (Wildman–Crippen MR) is 113 cm³/mol. The molecule has 0 fully saturated rings. The summed E-state index contributed by atoms with van der Waals surface area (Å²) in [6.07, 6.45) is 0.394. The van der Waals surface area contributed by atoms with E-state index in [1.165, 1.54) is 13.0 Å². The van der Waals surface area contributed by atoms with Gasteiger partial charge in [0.2, 0.25) is 0 Å². The van der Waals surface area contributed by atoms with Crippen molar-refractivity contribution in [2.24, 2.45) is 0 Å². The Morgan fingerprint density at radius 3 is 2.38 bits per heavy atom. The normalized spacial score (nSPS) is 12.2. The largest absolute Gasteiger partial charge is 0.448 e. The third kappa shape index (κ3) is 6.48. The van der Waals surface area contributed by atoms with Crippen LogP contribution in [0.15, 0.2) is 54.1 Å². The van der Waals surface area contributed by atoms with Crippen LogP contribution < -0.4 is 5.32 Å². The number of halogens is 1. The fraction of sp³-hybridized carbons (Fsp3) is 0.261. The van der Waals surface area contributed by atoms with Gasteiger partial charge < -0.3 is 10.1 Å². The standard InChI is InChI=1S/C23H23ClN2O3/c1-15(2)18-10-8-17(9-11-18)12-20(13-25)23(28)29-16(3)22(27)26-14-19-6-4-5-7-21(19)24/h4-12,15-16H,14H2,1-3H3,(H,26,27)/b20-12+/t16-/m1/s1. The average Bonchev–Trinajstić information content (AvgIpc) is 2.71. The van der Waals surface area contributed by atoms with E-state index in [0.717, 1.165) is 11.1 Å². The van der Waals surface area contributed by atoms with Gasteiger partial charge in [-0.1, -0.05) is 67.9 Å². The Hall–Kier alpha value is -3.10. The maximum Gasteiger partial charge on any atom is 0.349 e. The molecule has 0 heterocycles. The van der Waals surface area contributed by atoms with E-state index in [4.69, 9.17) is 16.3 Å². The molecule has 0 aliphatic rings. The summed E-state index contributed by atoms with van der Waals surface area (Å²) < 4.78 is 5.14. The molecule has 0 spiro atoms. The van der Waals surface area contributed by atoms with Crippen LogP contribution in [0.5, 0.6) is 0 Å². The zero-order valence-electron chi connectivity index (χ0n) is 16.6. The number of nitriles is 1. The van der Waals surface area contributed by atoms with Crippen LogP contribution >= 0.6 is 11.6 Å². The Bertz CT molecular complexity index is 943. The van der Waals surface area contributed by atoms with Crippen molar-refractivity contribution in [2.75, 3.05) is 0 Å². The van der Waals surface area contributed by atoms with Crippen molar-refractivity contribution >= 4 is 29.6 Å². The molecule has 0 saturated carbocycles. The number of esters is 1. The van der Waals surface area contributed by atoms with Crippen molar-refractivity contribution in [3.8, 4) is 6.07 Å². The molecular formula is C23H23ClN2O3. The molecule has 2 rings (SSSR count). The van der Waals surface area contributed by atoms with Gasteiger partial charge in [0.1, 0.15) is 11.6 Å². The molecule has 0 bridgehead atoms. The number of hydrogen-bond acceptors (Lipinski definition) is 4. The van der Waals surface area contributed by atoms with Crippen molar-refractivity contribution in [1.82, 2.24) is 5.32 Å². The molecule has 1 atom stereocenters. The molecular weight excluding hydrogens is 388 g/mol. The molecule has 0 radical (unpaired) electrons. The van der Waals surface area contributed by atoms with Gasteiger partial charge in [0, 0.05) is 11.6 Å². The second kappa shape index (κ2) is 10.4. The highest BCUT2D eigenvalue weighted by Crippen LogP contribution is 2.17. The second-order valence-corrected chi connectivity index (χ2v) is 7.26. The molecule has 2 aromatic rings. The van der Waals surface area contributed by atoms with E-state index in [9.17, 15) is 14.9 Å². The van der Waals surface area contributed by atoms with Gasteiger partial charge >= 0.3 is 5.97 Å². The molecule has 1 N–H and O–H groups in total. The van der Waals surface area contributed by atoms with Gasteiger partial charge in [-0.3, -0.25) is 4.79 Å². The molecule has 0 aromatic heterocycles. The zero-order chi connectivity index (χ0) is 21.4. The van der Waals surface area contributed by atoms with Crippen LogP contribution in [0.4, 0.5) is 0 Å². The van der Waals surface area contributed by atoms with Crippen molar-refractivity contribution < 1.29 is 14.3 Å². The molecule has 0 aliphatic carbocycles. The van der Waals surface area contributed by atoms with Gasteiger partial charge in [-0.25, -0.2) is 4.79 Å². The molecule has 0 saturated heterocycles. The first kappa shape index (κ1) is 22.2. The molecule has 150 valence electrons. The summed E-state index contributed by atoms with van der Waals surface area (Å²) in [5.74, 6) is -0.934. The van der Waals surface area contributed by atoms with Crippen LogP contribution in [0.3, 0.4) is 0 Å². The molecule has 0 unspecified atom stereocenters. The Morgan fingerprint density at radius 2 is 1.79 bits per heavy atom. The molecule has 29 heavy (non-hydrogen) atoms. The highest BCUT2D eigenvalue weighted by molar-refractivity contribution is 6.31. The number of hydrogen-bond donors (Lipinski definition) is 1. The minimum absolute atomic E-state index is 0.173. The van der Waals surface area contributed by atoms with E-state index < -0.39 is 18.0 Å². The number of carbonyl (C=O) groups excluding carboxylic acids is 2. The van der Waals surface area contributed by atoms with Gasteiger partial charge in [-0.15, -0.1) is 0 Å². The molecule has 0 aliphatic heterocycles. The van der Waals surface area contributed by atoms with Crippen LogP contribution in [0.1, 0.15) is 43.4 Å². The maximum absolute atomic E-state index is 12.3. The molecule has 5 nitrogen and oxygen atoms in total. The van der Waals surface area contributed by atoms with Gasteiger partial charge in [0.05, 0.1) is 0 Å². The minimum atomic E-state index is -1.05. The van der Waals surface area contributed by atoms with Crippen molar-refractivity contribution in [2.45, 2.75) is 39.3 Å². The van der Waals surface area contributed by atoms with E-state index in [-0.39, 0.29) is 12.1 Å². The summed E-state index contributed by atoms with van der Waals surface area (Å²) >= 11 is 6.06. The quantitative estimate of drug-likeness (QED) is 0.410. The fourth-order valence-corrected chi connectivity index (χ4v) is 2.73. The first-order valence-corrected chi connectivity index (χ1v) is 9.63. The van der Waals surface area contributed by atoms with E-state index in [1.807, 2.05) is 36.4 Å². The third-order valence-corrected chi connectivity index (χ3v) is 4.69. The van der Waals surface area contributed by atoms with Crippen LogP contribution in [-0.4, -0.2) is 18.0 Å². The van der Waals surface area contributed by atoms with Gasteiger partial charge in [-0.2, -0.15) is 5.26 Å². The minimum Gasteiger partial charge on any atom is -0.448 e. The Morgan fingerprint density at radius 1 is 1.14 bits per heavy atom. The maximum atomic E-state index is 12.3. The number of nitrogens with one attached hydrogen (secondary N) is 1. The number of amides is 1. The predicted octanol–water partition coefficient (Wildman–Crippen LogP) is 4.62. The summed E-state index contributed by atoms with van der Waals surface area (Å²) in [7, 11) is 0. The van der Waals surface area contributed by atoms with E-state index >= 15 is 0 Å². The van der Waals surface area contributed by atoms with Crippen LogP contribution in [0.2, 0.25) is 5.02 Å². The first-order valence-electron chi connectivity index (χ1n) is 9.25. The van der Waals surface area contributed by atoms with Crippen molar-refractivity contribution in [3.05, 3.63) is 75.8 Å². The third-order valence-electron chi connectivity index (χ3n) is 4.32. The van der Waals surface area contributed by atoms with Gasteiger partial charge in [0.25, 0.3) is 5.91 Å². The number of carbonyl (C=O) groups is 2. The lowest BCUT2D eigenvalue weighted by atomic mass is 10.0. The zero-order valence-corrected chi connectivity index (χ0v) is 17.4. The summed E-state index contributed by atoms with van der Waals surface area (Å²) in [5, 5.41) is 12.5. The van der Waals surface area contributed by atoms with Crippen LogP contribution in [0.25, 0.3) is 6.08 Å². The first-order chi connectivity index (χ1) is 13.8. The van der Waals surface area contributed by atoms with Gasteiger partial charge in [0.15, 0.2) is 6.10 Å². The summed E-state index contributed by atoms with van der Waals surface area (Å²) in [6.45, 7) is 5.83. The van der Waals surface area contributed by atoms with E-state index in [1.54, 1.807) is 18.2 Å². The SMILES string of the molecule is CC(C)c1ccc(/C=C(\C#N)C(=O)O[C@H](C)C(=O)NCc2ccccc2Cl)cc1. The summed E-state index contributed by atoms with van der Waals surface area (Å²) in [6, 6.07) is 16.5. The molecule has 1 amide bonds. The van der Waals surface area contributed by atoms with Crippen LogP contribution in [0, 0.1) is 11.3 Å². The lowest BCUT2D eigenvalue weighted by molar-refractivity contribution is -0.150. The Labute approximate surface area is 175 Å². The van der Waals surface area contributed by atoms with Crippen molar-refractivity contribution in [3.63, 3.8) is 0 Å². The number of nitrogens with zero attached hydrogens (tertiary/aromatic N) is 1. The molecule has 2 aromatic carbocycles. The summed E-state index contributed by atoms with van der Waals surface area (Å²) in [5.41, 5.74) is 2.45. The number of ether oxygens (including phenoxy) is 1. The number of benzene rings is 2. The van der Waals surface area contributed by atoms with E-state index in [2.05, 4.69) is 19.2 Å². The van der Waals surface area contributed by atoms with E-state index in [0.29, 0.717) is 16.5 Å². The Kier molecular flexibility index (Phi) is 7.99. The smallest absolute Gasteiger partial charge is 0.349 e. The fourth-order valence-electron chi connectivity index (χ4n) is 2.53. The molecule has 6 heteroatoms. The highest BCUT2D eigenvalue weighted by atomic mass is 35.5. The Balaban J connectivity index is 1.98. The topological polar surface area (TPSA) is 79.2 Å². The van der Waals surface area contributed by atoms with Gasteiger partial charge in [-0.05, 0) is 41.7 Å². The summed E-state index contributed by atoms with van der Waals surface area (Å²) in [4.78, 5) is 24.5. The van der Waals surface area contributed by atoms with Crippen LogP contribution in [-0.2, 0) is 20.9 Å². The van der Waals surface area contributed by atoms with Crippen molar-refractivity contribution in [1.29, 1.82) is 5.26 Å². The lowest BCUT2D eigenvalue weighted by Crippen LogP contribution is -2.35. The second-order valence-electron chi connectivity index (χ2n) is 6.85. The monoisotopic (exact) mass is 410 g/mol. The highest BCUT2D eigenvalue weighted by Gasteiger charge is 2.20.